The monoisotopic (exact) mass is 233 g/mol. The van der Waals surface area contributed by atoms with E-state index in [1.54, 1.807) is 10.8 Å². The van der Waals surface area contributed by atoms with Gasteiger partial charge in [-0.05, 0) is 0 Å². The SMILES string of the molecule is CCCCCCC[CH2][AlH][CH2]c1ccccc1.[H+]. The van der Waals surface area contributed by atoms with Gasteiger partial charge in [0.15, 0.2) is 0 Å². The molecule has 88 valence electrons. The Hall–Kier alpha value is -0.248. The molecule has 1 aromatic carbocycles. The van der Waals surface area contributed by atoms with Gasteiger partial charge in [-0.3, -0.25) is 0 Å². The highest BCUT2D eigenvalue weighted by atomic mass is 27.1. The van der Waals surface area contributed by atoms with Gasteiger partial charge in [0.2, 0.25) is 15.2 Å². The molecule has 0 heterocycles. The van der Waals surface area contributed by atoms with Gasteiger partial charge in [0.25, 0.3) is 0 Å². The molecule has 0 fully saturated rings. The van der Waals surface area contributed by atoms with Crippen molar-refractivity contribution in [3.8, 4) is 0 Å². The summed E-state index contributed by atoms with van der Waals surface area (Å²) in [6.07, 6.45) is 8.68. The Labute approximate surface area is 109 Å². The summed E-state index contributed by atoms with van der Waals surface area (Å²) < 4.78 is 0. The maximum atomic E-state index is 2.28. The van der Waals surface area contributed by atoms with E-state index < -0.39 is 0 Å². The van der Waals surface area contributed by atoms with E-state index in [1.165, 1.54) is 43.8 Å². The summed E-state index contributed by atoms with van der Waals surface area (Å²) in [5, 5.41) is 2.94. The van der Waals surface area contributed by atoms with Crippen LogP contribution in [0.1, 0.15) is 52.4 Å². The van der Waals surface area contributed by atoms with Crippen molar-refractivity contribution in [2.24, 2.45) is 0 Å². The van der Waals surface area contributed by atoms with Crippen LogP contribution in [0.5, 0.6) is 0 Å². The van der Waals surface area contributed by atoms with Crippen LogP contribution in [0.3, 0.4) is 0 Å². The van der Waals surface area contributed by atoms with Gasteiger partial charge >= 0.3 is 1.43 Å². The first kappa shape index (κ1) is 13.8. The molecule has 0 saturated carbocycles. The van der Waals surface area contributed by atoms with Crippen LogP contribution in [0.25, 0.3) is 0 Å². The van der Waals surface area contributed by atoms with Crippen molar-refractivity contribution in [3.05, 3.63) is 35.9 Å². The van der Waals surface area contributed by atoms with Crippen LogP contribution in [0.15, 0.2) is 30.3 Å². The maximum absolute atomic E-state index is 2.28. The Kier molecular flexibility index (Phi) is 8.58. The smallest absolute Gasteiger partial charge is 0.0969 e. The number of hydrogen-bond acceptors (Lipinski definition) is 0. The van der Waals surface area contributed by atoms with Gasteiger partial charge in [-0.2, -0.15) is 0 Å². The molecule has 0 aliphatic heterocycles. The summed E-state index contributed by atoms with van der Waals surface area (Å²) in [5.41, 5.74) is 1.56. The molecule has 0 amide bonds. The van der Waals surface area contributed by atoms with Crippen molar-refractivity contribution in [2.75, 3.05) is 0 Å². The Morgan fingerprint density at radius 3 is 2.38 bits per heavy atom. The predicted molar refractivity (Wildman–Crippen MR) is 76.6 cm³/mol. The zero-order valence-corrected chi connectivity index (χ0v) is 12.2. The van der Waals surface area contributed by atoms with Gasteiger partial charge in [0, 0.05) is 0 Å². The molecule has 0 spiro atoms. The Morgan fingerprint density at radius 1 is 0.938 bits per heavy atom. The van der Waals surface area contributed by atoms with Gasteiger partial charge in [0.1, 0.15) is 0 Å². The average Bonchev–Trinajstić information content (AvgIpc) is 2.34. The summed E-state index contributed by atoms with van der Waals surface area (Å²) in [6, 6.07) is 11.0. The average molecular weight is 233 g/mol. The third-order valence-corrected chi connectivity index (χ3v) is 5.09. The van der Waals surface area contributed by atoms with Crippen molar-refractivity contribution >= 4 is 15.2 Å². The minimum absolute atomic E-state index is 0. The molecular formula is C15H26Al+. The van der Waals surface area contributed by atoms with E-state index in [4.69, 9.17) is 0 Å². The van der Waals surface area contributed by atoms with Gasteiger partial charge in [-0.25, -0.2) is 0 Å². The number of rotatable bonds is 9. The maximum Gasteiger partial charge on any atom is 1.00 e. The van der Waals surface area contributed by atoms with Crippen LogP contribution in [-0.4, -0.2) is 15.2 Å². The second-order valence-corrected chi connectivity index (χ2v) is 6.62. The second kappa shape index (κ2) is 9.94. The second-order valence-electron chi connectivity index (χ2n) is 4.71. The molecule has 0 saturated heterocycles. The number of unbranched alkanes of at least 4 members (excludes halogenated alkanes) is 5. The summed E-state index contributed by atoms with van der Waals surface area (Å²) >= 11 is 0.174. The molecule has 0 bridgehead atoms. The minimum atomic E-state index is 0. The van der Waals surface area contributed by atoms with Crippen molar-refractivity contribution in [2.45, 2.75) is 56.0 Å². The Balaban J connectivity index is 0.00000256. The molecule has 1 rings (SSSR count). The fourth-order valence-electron chi connectivity index (χ4n) is 2.11. The molecule has 0 aliphatic carbocycles. The largest absolute Gasteiger partial charge is 1.00 e. The van der Waals surface area contributed by atoms with Crippen LogP contribution in [-0.2, 0) is 5.28 Å². The highest BCUT2D eigenvalue weighted by molar-refractivity contribution is 6.34. The van der Waals surface area contributed by atoms with Gasteiger partial charge in [0.05, 0.1) is 0 Å². The van der Waals surface area contributed by atoms with Crippen LogP contribution >= 0.6 is 0 Å². The summed E-state index contributed by atoms with van der Waals surface area (Å²) in [4.78, 5) is 0. The van der Waals surface area contributed by atoms with Crippen LogP contribution in [0.2, 0.25) is 5.28 Å². The molecule has 0 radical (unpaired) electrons. The number of hydrogen-bond donors (Lipinski definition) is 0. The summed E-state index contributed by atoms with van der Waals surface area (Å²) in [7, 11) is 0. The van der Waals surface area contributed by atoms with E-state index in [0.717, 1.165) is 0 Å². The van der Waals surface area contributed by atoms with Crippen molar-refractivity contribution in [3.63, 3.8) is 0 Å². The van der Waals surface area contributed by atoms with E-state index in [0.29, 0.717) is 0 Å². The fraction of sp³-hybridized carbons (Fsp3) is 0.600. The summed E-state index contributed by atoms with van der Waals surface area (Å²) in [5.74, 6) is 0. The summed E-state index contributed by atoms with van der Waals surface area (Å²) in [6.45, 7) is 2.28. The molecule has 1 aromatic rings. The fourth-order valence-corrected chi connectivity index (χ4v) is 3.81. The Morgan fingerprint density at radius 2 is 1.62 bits per heavy atom. The molecule has 0 N–H and O–H groups in total. The van der Waals surface area contributed by atoms with Crippen LogP contribution in [0.4, 0.5) is 0 Å². The molecule has 1 heteroatoms. The highest BCUT2D eigenvalue weighted by Crippen LogP contribution is 2.08. The molecule has 0 aromatic heterocycles. The molecule has 0 nitrogen and oxygen atoms in total. The molecular weight excluding hydrogens is 207 g/mol. The van der Waals surface area contributed by atoms with Crippen LogP contribution < -0.4 is 0 Å². The third kappa shape index (κ3) is 7.10. The van der Waals surface area contributed by atoms with E-state index in [2.05, 4.69) is 37.3 Å². The van der Waals surface area contributed by atoms with Gasteiger partial charge < -0.3 is 0 Å². The third-order valence-electron chi connectivity index (χ3n) is 3.16. The van der Waals surface area contributed by atoms with E-state index >= 15 is 0 Å². The topological polar surface area (TPSA) is 0 Å². The predicted octanol–water partition coefficient (Wildman–Crippen LogP) is 4.51. The molecule has 16 heavy (non-hydrogen) atoms. The van der Waals surface area contributed by atoms with Gasteiger partial charge in [-0.15, -0.1) is 0 Å². The zero-order valence-electron chi connectivity index (χ0n) is 11.8. The minimum Gasteiger partial charge on any atom is -0.0969 e. The van der Waals surface area contributed by atoms with Crippen molar-refractivity contribution < 1.29 is 1.43 Å². The Bertz CT molecular complexity index is 248. The van der Waals surface area contributed by atoms with Crippen LogP contribution in [0, 0.1) is 0 Å². The number of benzene rings is 1. The molecule has 0 atom stereocenters. The highest BCUT2D eigenvalue weighted by Gasteiger charge is 1.96. The molecule has 0 unspecified atom stereocenters. The van der Waals surface area contributed by atoms with Crippen molar-refractivity contribution in [1.29, 1.82) is 0 Å². The quantitative estimate of drug-likeness (QED) is 0.435. The standard InChI is InChI=1S/C8H17.C7H7.Al.H/c1-3-5-7-8-6-4-2;1-7-5-3-2-4-6-7;;/h1,3-8H2,2H3;2-6H,1H2;;/p+1. The first-order valence-corrected chi connectivity index (χ1v) is 8.97. The first-order chi connectivity index (χ1) is 7.93. The van der Waals surface area contributed by atoms with E-state index in [1.807, 2.05) is 0 Å². The lowest BCUT2D eigenvalue weighted by atomic mass is 10.1. The normalized spacial score (nSPS) is 10.3. The lowest BCUT2D eigenvalue weighted by Crippen LogP contribution is -1.96. The van der Waals surface area contributed by atoms with E-state index in [9.17, 15) is 0 Å². The lowest BCUT2D eigenvalue weighted by molar-refractivity contribution is 0.624. The first-order valence-electron chi connectivity index (χ1n) is 6.97. The van der Waals surface area contributed by atoms with Gasteiger partial charge in [-0.1, -0.05) is 91.9 Å². The zero-order chi connectivity index (χ0) is 11.5. The lowest BCUT2D eigenvalue weighted by Gasteiger charge is -2.00. The van der Waals surface area contributed by atoms with E-state index in [-0.39, 0.29) is 16.6 Å². The molecule has 0 aliphatic rings. The van der Waals surface area contributed by atoms with Crippen molar-refractivity contribution in [1.82, 2.24) is 0 Å².